The summed E-state index contributed by atoms with van der Waals surface area (Å²) >= 11 is 5.64. The summed E-state index contributed by atoms with van der Waals surface area (Å²) in [6.07, 6.45) is 4.58. The molecule has 0 spiro atoms. The molecule has 0 saturated heterocycles. The fourth-order valence-corrected chi connectivity index (χ4v) is 1.64. The molecule has 7 heteroatoms. The third-order valence-corrected chi connectivity index (χ3v) is 2.68. The Labute approximate surface area is 107 Å². The predicted molar refractivity (Wildman–Crippen MR) is 66.7 cm³/mol. The lowest BCUT2D eigenvalue weighted by atomic mass is 10.3. The van der Waals surface area contributed by atoms with Crippen molar-refractivity contribution in [3.05, 3.63) is 56.2 Å². The number of rotatable bonds is 5. The van der Waals surface area contributed by atoms with Crippen LogP contribution in [0.25, 0.3) is 0 Å². The fraction of sp³-hybridized carbons (Fsp3) is 0.273. The molecule has 0 unspecified atom stereocenters. The van der Waals surface area contributed by atoms with Gasteiger partial charge in [-0.25, -0.2) is 4.79 Å². The van der Waals surface area contributed by atoms with Crippen molar-refractivity contribution in [1.82, 2.24) is 14.9 Å². The van der Waals surface area contributed by atoms with Crippen LogP contribution in [0.1, 0.15) is 5.56 Å². The highest BCUT2D eigenvalue weighted by atomic mass is 35.5. The van der Waals surface area contributed by atoms with E-state index < -0.39 is 11.2 Å². The topological polar surface area (TPSA) is 80.0 Å². The van der Waals surface area contributed by atoms with Crippen molar-refractivity contribution in [2.45, 2.75) is 13.1 Å². The Morgan fingerprint density at radius 1 is 1.44 bits per heavy atom. The molecule has 0 fully saturated rings. The summed E-state index contributed by atoms with van der Waals surface area (Å²) in [6, 6.07) is 1.86. The smallest absolute Gasteiger partial charge is 0.328 e. The van der Waals surface area contributed by atoms with Gasteiger partial charge in [-0.05, 0) is 6.07 Å². The molecule has 2 aromatic rings. The van der Waals surface area contributed by atoms with E-state index in [-0.39, 0.29) is 5.02 Å². The van der Waals surface area contributed by atoms with Gasteiger partial charge in [0.15, 0.2) is 0 Å². The number of aromatic nitrogens is 2. The van der Waals surface area contributed by atoms with E-state index in [1.807, 2.05) is 6.07 Å². The minimum absolute atomic E-state index is 0.00411. The van der Waals surface area contributed by atoms with Crippen molar-refractivity contribution < 1.29 is 4.42 Å². The molecule has 2 heterocycles. The highest BCUT2D eigenvalue weighted by Crippen LogP contribution is 1.98. The number of hydrogen-bond donors (Lipinski definition) is 2. The molecule has 0 aliphatic heterocycles. The van der Waals surface area contributed by atoms with Gasteiger partial charge in [-0.15, -0.1) is 0 Å². The number of nitrogens with one attached hydrogen (secondary N) is 2. The second-order valence-electron chi connectivity index (χ2n) is 3.74. The molecule has 0 atom stereocenters. The maximum Gasteiger partial charge on any atom is 0.328 e. The Bertz CT molecular complexity index is 615. The molecule has 96 valence electrons. The second kappa shape index (κ2) is 5.70. The first-order valence-electron chi connectivity index (χ1n) is 5.38. The molecule has 0 radical (unpaired) electrons. The number of furan rings is 1. The SMILES string of the molecule is O=c1[nH]c(=O)n(CCNCc2ccoc2)cc1Cl. The predicted octanol–water partition coefficient (Wildman–Crippen LogP) is 0.573. The summed E-state index contributed by atoms with van der Waals surface area (Å²) in [5.74, 6) is 0. The Morgan fingerprint density at radius 2 is 2.28 bits per heavy atom. The van der Waals surface area contributed by atoms with Crippen molar-refractivity contribution in [2.75, 3.05) is 6.54 Å². The van der Waals surface area contributed by atoms with E-state index in [0.29, 0.717) is 19.6 Å². The van der Waals surface area contributed by atoms with Crippen LogP contribution in [0.4, 0.5) is 0 Å². The van der Waals surface area contributed by atoms with E-state index in [4.69, 9.17) is 16.0 Å². The largest absolute Gasteiger partial charge is 0.472 e. The highest BCUT2D eigenvalue weighted by Gasteiger charge is 2.01. The first-order valence-corrected chi connectivity index (χ1v) is 5.75. The lowest BCUT2D eigenvalue weighted by molar-refractivity contribution is 0.551. The molecular formula is C11H12ClN3O3. The Hall–Kier alpha value is -1.79. The number of aromatic amines is 1. The minimum atomic E-state index is -0.565. The first-order chi connectivity index (χ1) is 8.66. The van der Waals surface area contributed by atoms with Crippen molar-refractivity contribution in [3.8, 4) is 0 Å². The Balaban J connectivity index is 1.89. The first kappa shape index (κ1) is 12.7. The molecule has 18 heavy (non-hydrogen) atoms. The van der Waals surface area contributed by atoms with Gasteiger partial charge in [0.05, 0.1) is 12.5 Å². The molecule has 2 rings (SSSR count). The molecule has 0 aliphatic rings. The van der Waals surface area contributed by atoms with Gasteiger partial charge in [0.1, 0.15) is 5.02 Å². The van der Waals surface area contributed by atoms with Crippen LogP contribution in [0.15, 0.2) is 38.8 Å². The van der Waals surface area contributed by atoms with Crippen LogP contribution in [0, 0.1) is 0 Å². The van der Waals surface area contributed by atoms with E-state index in [1.54, 1.807) is 12.5 Å². The normalized spacial score (nSPS) is 10.7. The summed E-state index contributed by atoms with van der Waals surface area (Å²) < 4.78 is 6.28. The van der Waals surface area contributed by atoms with Crippen LogP contribution < -0.4 is 16.6 Å². The van der Waals surface area contributed by atoms with Gasteiger partial charge >= 0.3 is 5.69 Å². The zero-order valence-electron chi connectivity index (χ0n) is 9.48. The van der Waals surface area contributed by atoms with Gasteiger partial charge in [0, 0.05) is 31.4 Å². The maximum absolute atomic E-state index is 11.4. The van der Waals surface area contributed by atoms with Crippen molar-refractivity contribution in [3.63, 3.8) is 0 Å². The van der Waals surface area contributed by atoms with E-state index in [1.165, 1.54) is 10.8 Å². The summed E-state index contributed by atoms with van der Waals surface area (Å²) in [6.45, 7) is 1.66. The molecule has 0 aliphatic carbocycles. The van der Waals surface area contributed by atoms with Crippen molar-refractivity contribution >= 4 is 11.6 Å². The van der Waals surface area contributed by atoms with Crippen LogP contribution in [0.3, 0.4) is 0 Å². The Kier molecular flexibility index (Phi) is 4.01. The van der Waals surface area contributed by atoms with Crippen LogP contribution in [0.5, 0.6) is 0 Å². The third kappa shape index (κ3) is 3.12. The number of hydrogen-bond acceptors (Lipinski definition) is 4. The molecular weight excluding hydrogens is 258 g/mol. The van der Waals surface area contributed by atoms with Crippen molar-refractivity contribution in [1.29, 1.82) is 0 Å². The molecule has 0 saturated carbocycles. The average Bonchev–Trinajstić information content (AvgIpc) is 2.84. The molecule has 0 bridgehead atoms. The lowest BCUT2D eigenvalue weighted by Crippen LogP contribution is -2.32. The average molecular weight is 270 g/mol. The fourth-order valence-electron chi connectivity index (χ4n) is 1.47. The van der Waals surface area contributed by atoms with Gasteiger partial charge < -0.3 is 9.73 Å². The van der Waals surface area contributed by atoms with Crippen LogP contribution in [-0.2, 0) is 13.1 Å². The minimum Gasteiger partial charge on any atom is -0.472 e. The zero-order chi connectivity index (χ0) is 13.0. The molecule has 2 aromatic heterocycles. The van der Waals surface area contributed by atoms with Gasteiger partial charge in [-0.2, -0.15) is 0 Å². The van der Waals surface area contributed by atoms with E-state index >= 15 is 0 Å². The number of H-pyrrole nitrogens is 1. The van der Waals surface area contributed by atoms with E-state index in [0.717, 1.165) is 5.56 Å². The van der Waals surface area contributed by atoms with Crippen LogP contribution >= 0.6 is 11.6 Å². The van der Waals surface area contributed by atoms with Gasteiger partial charge in [0.25, 0.3) is 5.56 Å². The standard InChI is InChI=1S/C11H12ClN3O3/c12-9-6-15(11(17)14-10(9)16)3-2-13-5-8-1-4-18-7-8/h1,4,6-7,13H,2-3,5H2,(H,14,16,17). The van der Waals surface area contributed by atoms with Gasteiger partial charge in [-0.3, -0.25) is 14.3 Å². The number of halogens is 1. The molecule has 0 aromatic carbocycles. The van der Waals surface area contributed by atoms with Gasteiger partial charge in [0.2, 0.25) is 0 Å². The number of nitrogens with zero attached hydrogens (tertiary/aromatic N) is 1. The summed E-state index contributed by atoms with van der Waals surface area (Å²) in [5.41, 5.74) is 0.000585. The zero-order valence-corrected chi connectivity index (χ0v) is 10.2. The quantitative estimate of drug-likeness (QED) is 0.778. The van der Waals surface area contributed by atoms with Gasteiger partial charge in [-0.1, -0.05) is 11.6 Å². The highest BCUT2D eigenvalue weighted by molar-refractivity contribution is 6.30. The van der Waals surface area contributed by atoms with Crippen LogP contribution in [-0.4, -0.2) is 16.1 Å². The summed E-state index contributed by atoms with van der Waals surface area (Å²) in [7, 11) is 0. The summed E-state index contributed by atoms with van der Waals surface area (Å²) in [4.78, 5) is 24.6. The lowest BCUT2D eigenvalue weighted by Gasteiger charge is -2.06. The monoisotopic (exact) mass is 269 g/mol. The third-order valence-electron chi connectivity index (χ3n) is 2.41. The Morgan fingerprint density at radius 3 is 3.00 bits per heavy atom. The van der Waals surface area contributed by atoms with E-state index in [2.05, 4.69) is 10.3 Å². The molecule has 6 nitrogen and oxygen atoms in total. The van der Waals surface area contributed by atoms with Crippen molar-refractivity contribution in [2.24, 2.45) is 0 Å². The molecule has 2 N–H and O–H groups in total. The maximum atomic E-state index is 11.4. The summed E-state index contributed by atoms with van der Waals surface area (Å²) in [5, 5.41) is 3.15. The second-order valence-corrected chi connectivity index (χ2v) is 4.15. The molecule has 0 amide bonds. The van der Waals surface area contributed by atoms with E-state index in [9.17, 15) is 9.59 Å². The van der Waals surface area contributed by atoms with Crippen LogP contribution in [0.2, 0.25) is 5.02 Å².